The van der Waals surface area contributed by atoms with Crippen LogP contribution in [0.25, 0.3) is 0 Å². The molecule has 0 radical (unpaired) electrons. The summed E-state index contributed by atoms with van der Waals surface area (Å²) in [7, 11) is 0. The van der Waals surface area contributed by atoms with E-state index in [0.717, 1.165) is 25.9 Å². The van der Waals surface area contributed by atoms with Gasteiger partial charge >= 0.3 is 5.97 Å². The standard InChI is InChI=1S/C23H46O5/c1-3-5-7-9-10-11-13-15-23(24)28-22-21-27-20-19-26-18-17-25-16-14-12-8-6-4-2/h3-22H2,1-2H3. The normalized spacial score (nSPS) is 11.1. The smallest absolute Gasteiger partial charge is 0.305 e. The van der Waals surface area contributed by atoms with Gasteiger partial charge in [-0.15, -0.1) is 0 Å². The molecule has 0 aromatic heterocycles. The van der Waals surface area contributed by atoms with Crippen LogP contribution < -0.4 is 0 Å². The molecule has 5 heteroatoms. The van der Waals surface area contributed by atoms with Gasteiger partial charge in [-0.1, -0.05) is 78.1 Å². The van der Waals surface area contributed by atoms with Gasteiger partial charge in [-0.2, -0.15) is 0 Å². The van der Waals surface area contributed by atoms with Crippen LogP contribution in [0.15, 0.2) is 0 Å². The summed E-state index contributed by atoms with van der Waals surface area (Å²) in [5.41, 5.74) is 0. The van der Waals surface area contributed by atoms with Crippen LogP contribution in [0.3, 0.4) is 0 Å². The Morgan fingerprint density at radius 2 is 0.929 bits per heavy atom. The molecule has 0 atom stereocenters. The molecule has 0 aliphatic heterocycles. The van der Waals surface area contributed by atoms with Crippen molar-refractivity contribution in [2.24, 2.45) is 0 Å². The largest absolute Gasteiger partial charge is 0.463 e. The second-order valence-electron chi connectivity index (χ2n) is 7.34. The van der Waals surface area contributed by atoms with E-state index < -0.39 is 0 Å². The highest BCUT2D eigenvalue weighted by molar-refractivity contribution is 5.69. The lowest BCUT2D eigenvalue weighted by Gasteiger charge is -2.08. The Bertz CT molecular complexity index is 309. The van der Waals surface area contributed by atoms with Crippen LogP contribution in [-0.4, -0.2) is 52.2 Å². The minimum absolute atomic E-state index is 0.111. The monoisotopic (exact) mass is 402 g/mol. The molecule has 0 bridgehead atoms. The fraction of sp³-hybridized carbons (Fsp3) is 0.957. The van der Waals surface area contributed by atoms with E-state index in [2.05, 4.69) is 13.8 Å². The summed E-state index contributed by atoms with van der Waals surface area (Å²) in [4.78, 5) is 11.6. The lowest BCUT2D eigenvalue weighted by Crippen LogP contribution is -2.14. The fourth-order valence-electron chi connectivity index (χ4n) is 2.86. The number of ether oxygens (including phenoxy) is 4. The third-order valence-electron chi connectivity index (χ3n) is 4.61. The van der Waals surface area contributed by atoms with Crippen LogP contribution in [0.4, 0.5) is 0 Å². The van der Waals surface area contributed by atoms with Gasteiger partial charge in [-0.3, -0.25) is 4.79 Å². The van der Waals surface area contributed by atoms with Crippen molar-refractivity contribution in [2.45, 2.75) is 97.3 Å². The molecule has 0 unspecified atom stereocenters. The summed E-state index contributed by atoms with van der Waals surface area (Å²) in [6.07, 6.45) is 15.3. The van der Waals surface area contributed by atoms with Crippen molar-refractivity contribution in [3.63, 3.8) is 0 Å². The lowest BCUT2D eigenvalue weighted by molar-refractivity contribution is -0.145. The maximum Gasteiger partial charge on any atom is 0.305 e. The molecule has 0 saturated carbocycles. The van der Waals surface area contributed by atoms with Crippen molar-refractivity contribution in [1.82, 2.24) is 0 Å². The van der Waals surface area contributed by atoms with Crippen molar-refractivity contribution >= 4 is 5.97 Å². The molecule has 0 amide bonds. The maximum absolute atomic E-state index is 11.6. The van der Waals surface area contributed by atoms with E-state index in [1.807, 2.05) is 0 Å². The number of hydrogen-bond acceptors (Lipinski definition) is 5. The molecule has 0 rings (SSSR count). The van der Waals surface area contributed by atoms with Crippen molar-refractivity contribution < 1.29 is 23.7 Å². The van der Waals surface area contributed by atoms with Crippen LogP contribution in [0.2, 0.25) is 0 Å². The average Bonchev–Trinajstić information content (AvgIpc) is 2.70. The molecule has 0 heterocycles. The minimum Gasteiger partial charge on any atom is -0.463 e. The van der Waals surface area contributed by atoms with Crippen LogP contribution in [-0.2, 0) is 23.7 Å². The van der Waals surface area contributed by atoms with Crippen molar-refractivity contribution in [2.75, 3.05) is 46.2 Å². The molecule has 0 spiro atoms. The molecule has 0 aromatic carbocycles. The van der Waals surface area contributed by atoms with Crippen molar-refractivity contribution in [3.8, 4) is 0 Å². The molecule has 0 fully saturated rings. The molecular formula is C23H46O5. The Labute approximate surface area is 173 Å². The highest BCUT2D eigenvalue weighted by Gasteiger charge is 2.02. The minimum atomic E-state index is -0.111. The number of esters is 1. The fourth-order valence-corrected chi connectivity index (χ4v) is 2.86. The number of carbonyl (C=O) groups excluding carboxylic acids is 1. The average molecular weight is 403 g/mol. The lowest BCUT2D eigenvalue weighted by atomic mass is 10.1. The molecule has 0 aliphatic rings. The molecule has 0 saturated heterocycles. The highest BCUT2D eigenvalue weighted by atomic mass is 16.6. The van der Waals surface area contributed by atoms with Crippen LogP contribution >= 0.6 is 0 Å². The second kappa shape index (κ2) is 24.4. The topological polar surface area (TPSA) is 54.0 Å². The number of hydrogen-bond donors (Lipinski definition) is 0. The SMILES string of the molecule is CCCCCCCCCC(=O)OCCOCCOCCOCCCCCCC. The zero-order chi connectivity index (χ0) is 20.5. The summed E-state index contributed by atoms with van der Waals surface area (Å²) in [6, 6.07) is 0. The summed E-state index contributed by atoms with van der Waals surface area (Å²) in [5.74, 6) is -0.111. The van der Waals surface area contributed by atoms with Crippen LogP contribution in [0.1, 0.15) is 97.3 Å². The van der Waals surface area contributed by atoms with Gasteiger partial charge in [0.05, 0.1) is 33.0 Å². The van der Waals surface area contributed by atoms with E-state index in [-0.39, 0.29) is 5.97 Å². The first-order chi connectivity index (χ1) is 13.8. The molecular weight excluding hydrogens is 356 g/mol. The Balaban J connectivity index is 3.11. The zero-order valence-corrected chi connectivity index (χ0v) is 18.7. The summed E-state index contributed by atoms with van der Waals surface area (Å²) < 4.78 is 21.5. The van der Waals surface area contributed by atoms with Crippen LogP contribution in [0, 0.1) is 0 Å². The summed E-state index contributed by atoms with van der Waals surface area (Å²) in [5, 5.41) is 0. The number of rotatable bonds is 23. The van der Waals surface area contributed by atoms with Crippen molar-refractivity contribution in [1.29, 1.82) is 0 Å². The Morgan fingerprint density at radius 1 is 0.500 bits per heavy atom. The number of unbranched alkanes of at least 4 members (excludes halogenated alkanes) is 10. The quantitative estimate of drug-likeness (QED) is 0.162. The number of carbonyl (C=O) groups is 1. The summed E-state index contributed by atoms with van der Waals surface area (Å²) in [6.45, 7) is 8.35. The van der Waals surface area contributed by atoms with Gasteiger partial charge in [-0.25, -0.2) is 0 Å². The Kier molecular flexibility index (Phi) is 23.8. The Morgan fingerprint density at radius 3 is 1.50 bits per heavy atom. The maximum atomic E-state index is 11.6. The van der Waals surface area contributed by atoms with Gasteiger partial charge in [0.1, 0.15) is 6.61 Å². The zero-order valence-electron chi connectivity index (χ0n) is 18.7. The van der Waals surface area contributed by atoms with E-state index in [1.165, 1.54) is 57.8 Å². The molecule has 0 aliphatic carbocycles. The molecule has 28 heavy (non-hydrogen) atoms. The van der Waals surface area contributed by atoms with Gasteiger partial charge in [0, 0.05) is 13.0 Å². The molecule has 5 nitrogen and oxygen atoms in total. The first kappa shape index (κ1) is 27.4. The van der Waals surface area contributed by atoms with Crippen molar-refractivity contribution in [3.05, 3.63) is 0 Å². The van der Waals surface area contributed by atoms with E-state index in [0.29, 0.717) is 46.1 Å². The van der Waals surface area contributed by atoms with E-state index >= 15 is 0 Å². The first-order valence-electron chi connectivity index (χ1n) is 11.7. The summed E-state index contributed by atoms with van der Waals surface area (Å²) >= 11 is 0. The highest BCUT2D eigenvalue weighted by Crippen LogP contribution is 2.08. The van der Waals surface area contributed by atoms with E-state index in [4.69, 9.17) is 18.9 Å². The molecule has 0 N–H and O–H groups in total. The van der Waals surface area contributed by atoms with Gasteiger partial charge in [0.25, 0.3) is 0 Å². The third-order valence-corrected chi connectivity index (χ3v) is 4.61. The molecule has 0 aromatic rings. The van der Waals surface area contributed by atoms with Crippen LogP contribution in [0.5, 0.6) is 0 Å². The van der Waals surface area contributed by atoms with E-state index in [9.17, 15) is 4.79 Å². The van der Waals surface area contributed by atoms with Gasteiger partial charge in [-0.05, 0) is 12.8 Å². The third kappa shape index (κ3) is 23.4. The van der Waals surface area contributed by atoms with Gasteiger partial charge in [0.2, 0.25) is 0 Å². The van der Waals surface area contributed by atoms with Gasteiger partial charge < -0.3 is 18.9 Å². The van der Waals surface area contributed by atoms with E-state index in [1.54, 1.807) is 0 Å². The second-order valence-corrected chi connectivity index (χ2v) is 7.34. The molecule has 168 valence electrons. The first-order valence-corrected chi connectivity index (χ1v) is 11.7. The Hall–Kier alpha value is -0.650. The van der Waals surface area contributed by atoms with Gasteiger partial charge in [0.15, 0.2) is 0 Å². The predicted octanol–water partition coefficient (Wildman–Crippen LogP) is 5.69. The predicted molar refractivity (Wildman–Crippen MR) is 115 cm³/mol.